The molecule has 5 rings (SSSR count). The molecule has 2 heteroatoms. The molecular weight excluding hydrogens is 346 g/mol. The van der Waals surface area contributed by atoms with Crippen molar-refractivity contribution < 1.29 is 0 Å². The number of benzene rings is 3. The Labute approximate surface area is 164 Å². The zero-order valence-electron chi connectivity index (χ0n) is 15.6. The van der Waals surface area contributed by atoms with Crippen LogP contribution in [-0.4, -0.2) is 0 Å². The van der Waals surface area contributed by atoms with Crippen LogP contribution in [0.15, 0.2) is 72.8 Å². The van der Waals surface area contributed by atoms with Crippen molar-refractivity contribution >= 4 is 44.6 Å². The molecular formula is C25H21NS. The second-order valence-electron chi connectivity index (χ2n) is 7.04. The first kappa shape index (κ1) is 16.3. The van der Waals surface area contributed by atoms with Crippen molar-refractivity contribution in [3.8, 4) is 0 Å². The number of para-hydroxylation sites is 2. The highest BCUT2D eigenvalue weighted by Gasteiger charge is 2.25. The van der Waals surface area contributed by atoms with Crippen LogP contribution in [0.5, 0.6) is 0 Å². The number of thiophene rings is 1. The van der Waals surface area contributed by atoms with Gasteiger partial charge in [0.2, 0.25) is 0 Å². The molecule has 0 radical (unpaired) electrons. The summed E-state index contributed by atoms with van der Waals surface area (Å²) in [5.41, 5.74) is 7.99. The maximum atomic E-state index is 2.41. The number of hydrogen-bond acceptors (Lipinski definition) is 2. The van der Waals surface area contributed by atoms with Gasteiger partial charge in [-0.2, -0.15) is 0 Å². The van der Waals surface area contributed by atoms with E-state index < -0.39 is 0 Å². The maximum absolute atomic E-state index is 2.41. The van der Waals surface area contributed by atoms with Gasteiger partial charge in [0.15, 0.2) is 0 Å². The third kappa shape index (κ3) is 2.60. The fraction of sp³-hybridized carbons (Fsp3) is 0.120. The van der Waals surface area contributed by atoms with Gasteiger partial charge >= 0.3 is 0 Å². The fourth-order valence-electron chi connectivity index (χ4n) is 4.05. The smallest absolute Gasteiger partial charge is 0.0511 e. The molecule has 0 unspecified atom stereocenters. The van der Waals surface area contributed by atoms with Crippen molar-refractivity contribution in [1.82, 2.24) is 0 Å². The lowest BCUT2D eigenvalue weighted by Gasteiger charge is -2.33. The van der Waals surface area contributed by atoms with Gasteiger partial charge in [-0.3, -0.25) is 0 Å². The maximum Gasteiger partial charge on any atom is 0.0511 e. The van der Waals surface area contributed by atoms with E-state index in [9.17, 15) is 0 Å². The molecule has 1 nitrogen and oxygen atoms in total. The molecule has 0 bridgehead atoms. The van der Waals surface area contributed by atoms with E-state index in [0.717, 1.165) is 6.42 Å². The largest absolute Gasteiger partial charge is 0.310 e. The molecule has 0 fully saturated rings. The van der Waals surface area contributed by atoms with Crippen LogP contribution in [0, 0.1) is 6.92 Å². The van der Waals surface area contributed by atoms with E-state index in [1.54, 1.807) is 0 Å². The third-order valence-electron chi connectivity index (χ3n) is 5.36. The van der Waals surface area contributed by atoms with Crippen molar-refractivity contribution in [2.45, 2.75) is 20.3 Å². The van der Waals surface area contributed by atoms with Crippen molar-refractivity contribution in [1.29, 1.82) is 0 Å². The van der Waals surface area contributed by atoms with Gasteiger partial charge < -0.3 is 4.90 Å². The molecule has 0 amide bonds. The van der Waals surface area contributed by atoms with Gasteiger partial charge in [-0.1, -0.05) is 42.5 Å². The number of hydrogen-bond donors (Lipinski definition) is 0. The summed E-state index contributed by atoms with van der Waals surface area (Å²) in [6, 6.07) is 24.3. The molecule has 0 N–H and O–H groups in total. The lowest BCUT2D eigenvalue weighted by molar-refractivity contribution is 1.09. The van der Waals surface area contributed by atoms with Crippen molar-refractivity contribution in [3.63, 3.8) is 0 Å². The van der Waals surface area contributed by atoms with E-state index >= 15 is 0 Å². The van der Waals surface area contributed by atoms with Gasteiger partial charge in [-0.25, -0.2) is 0 Å². The second-order valence-corrected chi connectivity index (χ2v) is 8.13. The second kappa shape index (κ2) is 6.40. The lowest BCUT2D eigenvalue weighted by Crippen LogP contribution is -2.18. The van der Waals surface area contributed by atoms with Gasteiger partial charge in [0.05, 0.1) is 5.69 Å². The Balaban J connectivity index is 1.78. The molecule has 1 aliphatic heterocycles. The van der Waals surface area contributed by atoms with Crippen LogP contribution in [0.1, 0.15) is 28.5 Å². The summed E-state index contributed by atoms with van der Waals surface area (Å²) >= 11 is 1.89. The zero-order valence-corrected chi connectivity index (χ0v) is 16.4. The zero-order chi connectivity index (χ0) is 18.4. The van der Waals surface area contributed by atoms with Crippen LogP contribution in [0.2, 0.25) is 0 Å². The Morgan fingerprint density at radius 2 is 1.67 bits per heavy atom. The molecule has 2 heterocycles. The molecule has 0 atom stereocenters. The molecule has 1 aromatic heterocycles. The van der Waals surface area contributed by atoms with Gasteiger partial charge in [0, 0.05) is 27.4 Å². The van der Waals surface area contributed by atoms with Gasteiger partial charge in [-0.05, 0) is 72.3 Å². The highest BCUT2D eigenvalue weighted by Crippen LogP contribution is 2.46. The van der Waals surface area contributed by atoms with E-state index in [1.807, 2.05) is 11.3 Å². The molecule has 0 aliphatic carbocycles. The minimum Gasteiger partial charge on any atom is -0.310 e. The number of nitrogens with zero attached hydrogens (tertiary/aromatic N) is 1. The lowest BCUT2D eigenvalue weighted by atomic mass is 9.93. The van der Waals surface area contributed by atoms with E-state index in [1.165, 1.54) is 48.7 Å². The standard InChI is InChI=1S/C25H21NS/c1-3-9-24-17(2)21-15-19-14-18-10-7-8-13-22(18)26(20-11-5-4-6-12-20)23(19)16-25(21)27-24/h3-13,15-16H,14H2,1-2H3/b9-3-. The first-order valence-electron chi connectivity index (χ1n) is 9.38. The van der Waals surface area contributed by atoms with Crippen LogP contribution in [0.25, 0.3) is 16.2 Å². The van der Waals surface area contributed by atoms with E-state index in [2.05, 4.69) is 97.6 Å². The molecule has 1 aliphatic rings. The van der Waals surface area contributed by atoms with Crippen molar-refractivity contribution in [2.24, 2.45) is 0 Å². The topological polar surface area (TPSA) is 3.24 Å². The summed E-state index contributed by atoms with van der Waals surface area (Å²) in [6.45, 7) is 4.33. The van der Waals surface area contributed by atoms with Crippen LogP contribution >= 0.6 is 11.3 Å². The molecule has 3 aromatic carbocycles. The minimum absolute atomic E-state index is 0.985. The highest BCUT2D eigenvalue weighted by molar-refractivity contribution is 7.20. The van der Waals surface area contributed by atoms with E-state index in [-0.39, 0.29) is 0 Å². The Morgan fingerprint density at radius 3 is 2.48 bits per heavy atom. The normalized spacial score (nSPS) is 13.2. The Morgan fingerprint density at radius 1 is 0.889 bits per heavy atom. The predicted octanol–water partition coefficient (Wildman–Crippen LogP) is 7.62. The van der Waals surface area contributed by atoms with Crippen LogP contribution < -0.4 is 4.90 Å². The summed E-state index contributed by atoms with van der Waals surface area (Å²) in [6.07, 6.45) is 5.34. The minimum atomic E-state index is 0.985. The number of anilines is 3. The average molecular weight is 368 g/mol. The Bertz CT molecular complexity index is 1170. The first-order chi connectivity index (χ1) is 13.3. The highest BCUT2D eigenvalue weighted by atomic mass is 32.1. The fourth-order valence-corrected chi connectivity index (χ4v) is 5.24. The quantitative estimate of drug-likeness (QED) is 0.310. The molecule has 132 valence electrons. The number of allylic oxidation sites excluding steroid dienone is 1. The van der Waals surface area contributed by atoms with E-state index in [0.29, 0.717) is 0 Å². The predicted molar refractivity (Wildman–Crippen MR) is 119 cm³/mol. The van der Waals surface area contributed by atoms with E-state index in [4.69, 9.17) is 0 Å². The average Bonchev–Trinajstić information content (AvgIpc) is 3.00. The number of fused-ring (bicyclic) bond motifs is 3. The summed E-state index contributed by atoms with van der Waals surface area (Å²) < 4.78 is 1.36. The van der Waals surface area contributed by atoms with Crippen molar-refractivity contribution in [3.05, 3.63) is 94.4 Å². The van der Waals surface area contributed by atoms with Crippen LogP contribution in [-0.2, 0) is 6.42 Å². The SMILES string of the molecule is C/C=C\c1sc2cc3c(cc2c1C)Cc1ccccc1N3c1ccccc1. The Hall–Kier alpha value is -2.84. The van der Waals surface area contributed by atoms with Crippen LogP contribution in [0.3, 0.4) is 0 Å². The number of rotatable bonds is 2. The third-order valence-corrected chi connectivity index (χ3v) is 6.58. The monoisotopic (exact) mass is 367 g/mol. The van der Waals surface area contributed by atoms with Gasteiger partial charge in [-0.15, -0.1) is 11.3 Å². The van der Waals surface area contributed by atoms with Gasteiger partial charge in [0.1, 0.15) is 0 Å². The van der Waals surface area contributed by atoms with Crippen LogP contribution in [0.4, 0.5) is 17.1 Å². The number of aryl methyl sites for hydroxylation is 1. The summed E-state index contributed by atoms with van der Waals surface area (Å²) in [5, 5.41) is 1.39. The molecule has 27 heavy (non-hydrogen) atoms. The molecule has 0 spiro atoms. The first-order valence-corrected chi connectivity index (χ1v) is 10.2. The van der Waals surface area contributed by atoms with Gasteiger partial charge in [0.25, 0.3) is 0 Å². The summed E-state index contributed by atoms with van der Waals surface area (Å²) in [7, 11) is 0. The molecule has 4 aromatic rings. The summed E-state index contributed by atoms with van der Waals surface area (Å²) in [4.78, 5) is 3.77. The van der Waals surface area contributed by atoms with Crippen molar-refractivity contribution in [2.75, 3.05) is 4.90 Å². The summed E-state index contributed by atoms with van der Waals surface area (Å²) in [5.74, 6) is 0. The molecule has 0 saturated carbocycles. The molecule has 0 saturated heterocycles. The Kier molecular flexibility index (Phi) is 3.87.